The lowest BCUT2D eigenvalue weighted by atomic mass is 10.3. The van der Waals surface area contributed by atoms with Gasteiger partial charge in [0.25, 0.3) is 5.91 Å². The van der Waals surface area contributed by atoms with Crippen LogP contribution in [0.4, 0.5) is 0 Å². The van der Waals surface area contributed by atoms with Crippen LogP contribution in [0, 0.1) is 0 Å². The Morgan fingerprint density at radius 3 is 2.87 bits per heavy atom. The molecule has 0 bridgehead atoms. The summed E-state index contributed by atoms with van der Waals surface area (Å²) in [6, 6.07) is 9.97. The first kappa shape index (κ1) is 14.5. The number of rotatable bonds is 4. The second-order valence-corrected chi connectivity index (χ2v) is 7.56. The van der Waals surface area contributed by atoms with Gasteiger partial charge in [-0.25, -0.2) is 9.97 Å². The monoisotopic (exact) mass is 357 g/mol. The summed E-state index contributed by atoms with van der Waals surface area (Å²) in [4.78, 5) is 21.1. The fourth-order valence-electron chi connectivity index (χ4n) is 2.14. The highest BCUT2D eigenvalue weighted by molar-refractivity contribution is 7.18. The number of para-hydroxylation sites is 1. The number of fused-ring (bicyclic) bond motifs is 1. The molecule has 0 aliphatic carbocycles. The van der Waals surface area contributed by atoms with Crippen LogP contribution >= 0.6 is 34.0 Å². The molecule has 3 heterocycles. The molecule has 7 heteroatoms. The molecule has 0 aliphatic heterocycles. The summed E-state index contributed by atoms with van der Waals surface area (Å²) in [6.07, 6.45) is 0. The minimum Gasteiger partial charge on any atom is -0.344 e. The Hall–Kier alpha value is -2.09. The Kier molecular flexibility index (Phi) is 3.90. The number of aromatic nitrogens is 2. The largest absolute Gasteiger partial charge is 0.344 e. The number of nitrogens with one attached hydrogen (secondary N) is 1. The molecule has 0 unspecified atom stereocenters. The van der Waals surface area contributed by atoms with E-state index < -0.39 is 0 Å². The van der Waals surface area contributed by atoms with Gasteiger partial charge in [-0.05, 0) is 23.6 Å². The van der Waals surface area contributed by atoms with Crippen molar-refractivity contribution >= 4 is 50.1 Å². The first-order valence-corrected chi connectivity index (χ1v) is 9.54. The fourth-order valence-corrected chi connectivity index (χ4v) is 4.56. The van der Waals surface area contributed by atoms with E-state index in [1.807, 2.05) is 41.1 Å². The third-order valence-corrected chi connectivity index (χ3v) is 5.85. The fraction of sp³-hybridized carbons (Fsp3) is 0.0625. The van der Waals surface area contributed by atoms with Gasteiger partial charge in [0, 0.05) is 16.3 Å². The summed E-state index contributed by atoms with van der Waals surface area (Å²) in [5, 5.41) is 10.5. The summed E-state index contributed by atoms with van der Waals surface area (Å²) in [6.45, 7) is 0.420. The summed E-state index contributed by atoms with van der Waals surface area (Å²) in [5.74, 6) is -0.165. The molecule has 0 spiro atoms. The van der Waals surface area contributed by atoms with Gasteiger partial charge < -0.3 is 5.32 Å². The van der Waals surface area contributed by atoms with E-state index in [2.05, 4.69) is 15.3 Å². The van der Waals surface area contributed by atoms with Crippen LogP contribution < -0.4 is 5.32 Å². The van der Waals surface area contributed by atoms with Gasteiger partial charge in [-0.3, -0.25) is 4.79 Å². The number of thiophene rings is 1. The number of carbonyl (C=O) groups is 1. The number of carbonyl (C=O) groups excluding carboxylic acids is 1. The molecule has 4 nitrogen and oxygen atoms in total. The van der Waals surface area contributed by atoms with Gasteiger partial charge in [-0.2, -0.15) is 11.3 Å². The lowest BCUT2D eigenvalue weighted by molar-refractivity contribution is 0.0946. The van der Waals surface area contributed by atoms with E-state index in [-0.39, 0.29) is 5.91 Å². The zero-order valence-electron chi connectivity index (χ0n) is 11.9. The van der Waals surface area contributed by atoms with Crippen molar-refractivity contribution in [1.29, 1.82) is 0 Å². The third-order valence-electron chi connectivity index (χ3n) is 3.24. The minimum absolute atomic E-state index is 0.165. The molecule has 0 saturated heterocycles. The molecule has 4 aromatic rings. The Balaban J connectivity index is 1.45. The molecule has 0 radical (unpaired) electrons. The second kappa shape index (κ2) is 6.19. The minimum atomic E-state index is -0.165. The van der Waals surface area contributed by atoms with E-state index in [1.165, 1.54) is 11.3 Å². The van der Waals surface area contributed by atoms with Gasteiger partial charge in [0.1, 0.15) is 15.7 Å². The predicted molar refractivity (Wildman–Crippen MR) is 96.2 cm³/mol. The van der Waals surface area contributed by atoms with Crippen LogP contribution in [0.5, 0.6) is 0 Å². The highest BCUT2D eigenvalue weighted by Gasteiger charge is 2.12. The van der Waals surface area contributed by atoms with Crippen molar-refractivity contribution in [2.75, 3.05) is 0 Å². The quantitative estimate of drug-likeness (QED) is 0.588. The SMILES string of the molecule is O=C(NCc1nc2ccccc2s1)c1csc(-c2ccsc2)n1. The highest BCUT2D eigenvalue weighted by atomic mass is 32.1. The van der Waals surface area contributed by atoms with Gasteiger partial charge in [0.05, 0.1) is 16.8 Å². The molecule has 4 rings (SSSR count). The van der Waals surface area contributed by atoms with E-state index in [0.717, 1.165) is 25.8 Å². The van der Waals surface area contributed by atoms with Crippen LogP contribution in [-0.2, 0) is 6.54 Å². The standard InChI is InChI=1S/C16H11N3OS3/c20-15(12-9-22-16(19-12)10-5-6-21-8-10)17-7-14-18-11-3-1-2-4-13(11)23-14/h1-6,8-9H,7H2,(H,17,20). The molecule has 1 amide bonds. The van der Waals surface area contributed by atoms with Crippen molar-refractivity contribution in [3.05, 3.63) is 57.2 Å². The van der Waals surface area contributed by atoms with Crippen LogP contribution in [0.25, 0.3) is 20.8 Å². The van der Waals surface area contributed by atoms with Crippen molar-refractivity contribution in [2.24, 2.45) is 0 Å². The lowest BCUT2D eigenvalue weighted by Gasteiger charge is -1.99. The zero-order chi connectivity index (χ0) is 15.6. The molecular formula is C16H11N3OS3. The van der Waals surface area contributed by atoms with E-state index in [0.29, 0.717) is 12.2 Å². The van der Waals surface area contributed by atoms with Crippen molar-refractivity contribution < 1.29 is 4.79 Å². The summed E-state index contributed by atoms with van der Waals surface area (Å²) >= 11 is 4.70. The third kappa shape index (κ3) is 3.03. The molecule has 1 N–H and O–H groups in total. The van der Waals surface area contributed by atoms with E-state index in [4.69, 9.17) is 0 Å². The number of benzene rings is 1. The van der Waals surface area contributed by atoms with E-state index >= 15 is 0 Å². The molecule has 23 heavy (non-hydrogen) atoms. The van der Waals surface area contributed by atoms with Crippen LogP contribution in [0.1, 0.15) is 15.5 Å². The number of amides is 1. The van der Waals surface area contributed by atoms with Gasteiger partial charge in [-0.1, -0.05) is 12.1 Å². The highest BCUT2D eigenvalue weighted by Crippen LogP contribution is 2.26. The smallest absolute Gasteiger partial charge is 0.271 e. The van der Waals surface area contributed by atoms with Crippen molar-refractivity contribution in [2.45, 2.75) is 6.54 Å². The first-order chi connectivity index (χ1) is 11.3. The van der Waals surface area contributed by atoms with Gasteiger partial charge in [-0.15, -0.1) is 22.7 Å². The Morgan fingerprint density at radius 1 is 1.13 bits per heavy atom. The maximum absolute atomic E-state index is 12.2. The van der Waals surface area contributed by atoms with Crippen LogP contribution in [0.15, 0.2) is 46.5 Å². The maximum Gasteiger partial charge on any atom is 0.271 e. The molecule has 0 atom stereocenters. The number of nitrogens with zero attached hydrogens (tertiary/aromatic N) is 2. The molecule has 3 aromatic heterocycles. The topological polar surface area (TPSA) is 54.9 Å². The summed E-state index contributed by atoms with van der Waals surface area (Å²) < 4.78 is 1.13. The van der Waals surface area contributed by atoms with Crippen LogP contribution in [-0.4, -0.2) is 15.9 Å². The van der Waals surface area contributed by atoms with Gasteiger partial charge >= 0.3 is 0 Å². The number of thiazole rings is 2. The van der Waals surface area contributed by atoms with Gasteiger partial charge in [0.15, 0.2) is 0 Å². The van der Waals surface area contributed by atoms with Gasteiger partial charge in [0.2, 0.25) is 0 Å². The molecule has 114 valence electrons. The molecule has 0 saturated carbocycles. The Morgan fingerprint density at radius 2 is 2.04 bits per heavy atom. The average molecular weight is 357 g/mol. The number of hydrogen-bond donors (Lipinski definition) is 1. The van der Waals surface area contributed by atoms with Crippen molar-refractivity contribution in [1.82, 2.24) is 15.3 Å². The lowest BCUT2D eigenvalue weighted by Crippen LogP contribution is -2.22. The summed E-state index contributed by atoms with van der Waals surface area (Å²) in [7, 11) is 0. The predicted octanol–water partition coefficient (Wildman–Crippen LogP) is 4.41. The maximum atomic E-state index is 12.2. The molecular weight excluding hydrogens is 346 g/mol. The van der Waals surface area contributed by atoms with Crippen LogP contribution in [0.2, 0.25) is 0 Å². The molecule has 1 aromatic carbocycles. The molecule has 0 fully saturated rings. The summed E-state index contributed by atoms with van der Waals surface area (Å²) in [5.41, 5.74) is 2.48. The normalized spacial score (nSPS) is 11.0. The second-order valence-electron chi connectivity index (χ2n) is 4.81. The number of hydrogen-bond acceptors (Lipinski definition) is 6. The Labute approximate surface area is 144 Å². The van der Waals surface area contributed by atoms with Crippen molar-refractivity contribution in [3.63, 3.8) is 0 Å². The molecule has 0 aliphatic rings. The zero-order valence-corrected chi connectivity index (χ0v) is 14.3. The van der Waals surface area contributed by atoms with Crippen molar-refractivity contribution in [3.8, 4) is 10.6 Å². The first-order valence-electron chi connectivity index (χ1n) is 6.90. The average Bonchev–Trinajstić information content (AvgIpc) is 3.31. The van der Waals surface area contributed by atoms with E-state index in [9.17, 15) is 4.79 Å². The van der Waals surface area contributed by atoms with E-state index in [1.54, 1.807) is 28.1 Å². The van der Waals surface area contributed by atoms with Crippen LogP contribution in [0.3, 0.4) is 0 Å². The Bertz CT molecular complexity index is 923.